The highest BCUT2D eigenvalue weighted by molar-refractivity contribution is 9.10. The summed E-state index contributed by atoms with van der Waals surface area (Å²) < 4.78 is 6.71. The smallest absolute Gasteiger partial charge is 0.148 e. The number of nitrogens with two attached hydrogens (primary N) is 1. The molecule has 5 heteroatoms. The SMILES string of the molecule is Cc1ncccc1Oc1ccc(Br)cc1C(N)=S. The fourth-order valence-electron chi connectivity index (χ4n) is 1.48. The first-order valence-corrected chi connectivity index (χ1v) is 6.47. The summed E-state index contributed by atoms with van der Waals surface area (Å²) in [5, 5.41) is 0. The van der Waals surface area contributed by atoms with Crippen LogP contribution in [0.1, 0.15) is 11.3 Å². The van der Waals surface area contributed by atoms with Gasteiger partial charge < -0.3 is 10.5 Å². The van der Waals surface area contributed by atoms with Crippen LogP contribution in [-0.2, 0) is 0 Å². The molecule has 2 rings (SSSR count). The molecule has 0 saturated carbocycles. The van der Waals surface area contributed by atoms with Crippen molar-refractivity contribution in [3.05, 3.63) is 52.3 Å². The number of halogens is 1. The third-order valence-electron chi connectivity index (χ3n) is 2.39. The van der Waals surface area contributed by atoms with E-state index in [9.17, 15) is 0 Å². The van der Waals surface area contributed by atoms with E-state index in [-0.39, 0.29) is 0 Å². The topological polar surface area (TPSA) is 48.1 Å². The zero-order valence-electron chi connectivity index (χ0n) is 9.68. The Bertz CT molecular complexity index is 601. The van der Waals surface area contributed by atoms with Crippen LogP contribution in [0.25, 0.3) is 0 Å². The summed E-state index contributed by atoms with van der Waals surface area (Å²) in [4.78, 5) is 4.47. The molecule has 1 aromatic carbocycles. The first-order chi connectivity index (χ1) is 8.58. The number of aromatic nitrogens is 1. The van der Waals surface area contributed by atoms with Gasteiger partial charge in [-0.3, -0.25) is 4.98 Å². The van der Waals surface area contributed by atoms with Gasteiger partial charge in [0, 0.05) is 10.7 Å². The number of aryl methyl sites for hydroxylation is 1. The van der Waals surface area contributed by atoms with Crippen LogP contribution in [0.15, 0.2) is 41.0 Å². The lowest BCUT2D eigenvalue weighted by Crippen LogP contribution is -2.11. The van der Waals surface area contributed by atoms with E-state index in [1.807, 2.05) is 37.3 Å². The Morgan fingerprint density at radius 1 is 1.33 bits per heavy atom. The fraction of sp³-hybridized carbons (Fsp3) is 0.0769. The summed E-state index contributed by atoms with van der Waals surface area (Å²) in [6.45, 7) is 1.88. The first-order valence-electron chi connectivity index (χ1n) is 5.27. The molecular weight excluding hydrogens is 312 g/mol. The van der Waals surface area contributed by atoms with Gasteiger partial charge in [-0.25, -0.2) is 0 Å². The summed E-state index contributed by atoms with van der Waals surface area (Å²) in [7, 11) is 0. The van der Waals surface area contributed by atoms with Gasteiger partial charge in [0.15, 0.2) is 0 Å². The lowest BCUT2D eigenvalue weighted by molar-refractivity contribution is 0.475. The van der Waals surface area contributed by atoms with Crippen molar-refractivity contribution in [2.24, 2.45) is 5.73 Å². The zero-order chi connectivity index (χ0) is 13.1. The molecule has 0 aliphatic rings. The van der Waals surface area contributed by atoms with Crippen LogP contribution in [0.3, 0.4) is 0 Å². The van der Waals surface area contributed by atoms with Gasteiger partial charge in [0.25, 0.3) is 0 Å². The highest BCUT2D eigenvalue weighted by atomic mass is 79.9. The third-order valence-corrected chi connectivity index (χ3v) is 3.10. The lowest BCUT2D eigenvalue weighted by atomic mass is 10.2. The van der Waals surface area contributed by atoms with Crippen LogP contribution >= 0.6 is 28.1 Å². The Labute approximate surface area is 119 Å². The second kappa shape index (κ2) is 5.46. The van der Waals surface area contributed by atoms with Crippen molar-refractivity contribution in [1.82, 2.24) is 4.98 Å². The van der Waals surface area contributed by atoms with E-state index in [0.29, 0.717) is 22.1 Å². The van der Waals surface area contributed by atoms with Crippen LogP contribution in [0, 0.1) is 6.92 Å². The van der Waals surface area contributed by atoms with Gasteiger partial charge in [0.05, 0.1) is 11.3 Å². The lowest BCUT2D eigenvalue weighted by Gasteiger charge is -2.11. The highest BCUT2D eigenvalue weighted by Gasteiger charge is 2.09. The minimum Gasteiger partial charge on any atom is -0.455 e. The zero-order valence-corrected chi connectivity index (χ0v) is 12.1. The van der Waals surface area contributed by atoms with Gasteiger partial charge in [0.2, 0.25) is 0 Å². The van der Waals surface area contributed by atoms with E-state index >= 15 is 0 Å². The number of rotatable bonds is 3. The van der Waals surface area contributed by atoms with Crippen molar-refractivity contribution in [3.63, 3.8) is 0 Å². The van der Waals surface area contributed by atoms with Gasteiger partial charge in [-0.15, -0.1) is 0 Å². The number of hydrogen-bond acceptors (Lipinski definition) is 3. The van der Waals surface area contributed by atoms with Crippen LogP contribution < -0.4 is 10.5 Å². The Hall–Kier alpha value is -1.46. The standard InChI is InChI=1S/C13H11BrN2OS/c1-8-11(3-2-6-16-8)17-12-5-4-9(14)7-10(12)13(15)18/h2-7H,1H3,(H2,15,18). The fourth-order valence-corrected chi connectivity index (χ4v) is 2.00. The Morgan fingerprint density at radius 3 is 2.78 bits per heavy atom. The third kappa shape index (κ3) is 2.86. The molecule has 0 atom stereocenters. The van der Waals surface area contributed by atoms with Gasteiger partial charge in [-0.2, -0.15) is 0 Å². The maximum absolute atomic E-state index is 5.81. The molecule has 0 aliphatic carbocycles. The Morgan fingerprint density at radius 2 is 2.11 bits per heavy atom. The van der Waals surface area contributed by atoms with Crippen LogP contribution in [0.2, 0.25) is 0 Å². The second-order valence-corrected chi connectivity index (χ2v) is 5.05. The minimum atomic E-state index is 0.299. The summed E-state index contributed by atoms with van der Waals surface area (Å²) in [5.41, 5.74) is 7.20. The molecule has 0 spiro atoms. The number of hydrogen-bond donors (Lipinski definition) is 1. The van der Waals surface area contributed by atoms with Crippen molar-refractivity contribution in [3.8, 4) is 11.5 Å². The van der Waals surface area contributed by atoms with Crippen LogP contribution in [-0.4, -0.2) is 9.97 Å². The molecule has 18 heavy (non-hydrogen) atoms. The van der Waals surface area contributed by atoms with E-state index in [2.05, 4.69) is 20.9 Å². The highest BCUT2D eigenvalue weighted by Crippen LogP contribution is 2.29. The molecule has 2 N–H and O–H groups in total. The number of pyridine rings is 1. The van der Waals surface area contributed by atoms with Gasteiger partial charge in [-0.05, 0) is 37.3 Å². The summed E-state index contributed by atoms with van der Waals surface area (Å²) >= 11 is 8.40. The van der Waals surface area contributed by atoms with E-state index in [0.717, 1.165) is 10.2 Å². The quantitative estimate of drug-likeness (QED) is 0.877. The van der Waals surface area contributed by atoms with Crippen molar-refractivity contribution in [2.45, 2.75) is 6.92 Å². The molecule has 2 aromatic rings. The molecule has 0 fully saturated rings. The van der Waals surface area contributed by atoms with Gasteiger partial charge in [0.1, 0.15) is 16.5 Å². The number of benzene rings is 1. The maximum Gasteiger partial charge on any atom is 0.148 e. The Kier molecular flexibility index (Phi) is 3.93. The second-order valence-electron chi connectivity index (χ2n) is 3.69. The van der Waals surface area contributed by atoms with Crippen LogP contribution in [0.5, 0.6) is 11.5 Å². The average Bonchev–Trinajstić information content (AvgIpc) is 2.34. The van der Waals surface area contributed by atoms with Gasteiger partial charge in [-0.1, -0.05) is 28.1 Å². The molecule has 1 heterocycles. The molecular formula is C13H11BrN2OS. The summed E-state index contributed by atoms with van der Waals surface area (Å²) in [6.07, 6.45) is 1.72. The minimum absolute atomic E-state index is 0.299. The molecule has 0 radical (unpaired) electrons. The maximum atomic E-state index is 5.81. The molecule has 3 nitrogen and oxygen atoms in total. The molecule has 92 valence electrons. The summed E-state index contributed by atoms with van der Waals surface area (Å²) in [5.74, 6) is 1.32. The molecule has 1 aromatic heterocycles. The van der Waals surface area contributed by atoms with E-state index in [1.165, 1.54) is 0 Å². The molecule has 0 saturated heterocycles. The first kappa shape index (κ1) is 13.0. The monoisotopic (exact) mass is 322 g/mol. The summed E-state index contributed by atoms with van der Waals surface area (Å²) in [6, 6.07) is 9.21. The predicted molar refractivity (Wildman–Crippen MR) is 79.1 cm³/mol. The average molecular weight is 323 g/mol. The van der Waals surface area contributed by atoms with E-state index in [1.54, 1.807) is 6.20 Å². The molecule has 0 bridgehead atoms. The predicted octanol–water partition coefficient (Wildman–Crippen LogP) is 3.58. The largest absolute Gasteiger partial charge is 0.455 e. The van der Waals surface area contributed by atoms with Gasteiger partial charge >= 0.3 is 0 Å². The van der Waals surface area contributed by atoms with Crippen molar-refractivity contribution in [2.75, 3.05) is 0 Å². The van der Waals surface area contributed by atoms with Crippen molar-refractivity contribution in [1.29, 1.82) is 0 Å². The Balaban J connectivity index is 2.41. The normalized spacial score (nSPS) is 10.1. The van der Waals surface area contributed by atoms with Crippen molar-refractivity contribution < 1.29 is 4.74 Å². The number of nitrogens with zero attached hydrogens (tertiary/aromatic N) is 1. The molecule has 0 unspecified atom stereocenters. The van der Waals surface area contributed by atoms with Crippen molar-refractivity contribution >= 4 is 33.1 Å². The number of thiocarbonyl (C=S) groups is 1. The van der Waals surface area contributed by atoms with E-state index < -0.39 is 0 Å². The van der Waals surface area contributed by atoms with Crippen LogP contribution in [0.4, 0.5) is 0 Å². The molecule has 0 amide bonds. The van der Waals surface area contributed by atoms with E-state index in [4.69, 9.17) is 22.7 Å². The number of ether oxygens (including phenoxy) is 1. The molecule has 0 aliphatic heterocycles.